The number of ether oxygens (including phenoxy) is 2. The van der Waals surface area contributed by atoms with Gasteiger partial charge in [-0.15, -0.1) is 0 Å². The lowest BCUT2D eigenvalue weighted by Gasteiger charge is -2.15. The molecule has 0 aromatic heterocycles. The highest BCUT2D eigenvalue weighted by molar-refractivity contribution is 5.93. The van der Waals surface area contributed by atoms with Crippen LogP contribution in [0.5, 0.6) is 0 Å². The van der Waals surface area contributed by atoms with Crippen LogP contribution in [0.15, 0.2) is 12.2 Å². The highest BCUT2D eigenvalue weighted by Crippen LogP contribution is 2.09. The normalized spacial score (nSPS) is 13.9. The van der Waals surface area contributed by atoms with Crippen LogP contribution in [-0.4, -0.2) is 49.0 Å². The Kier molecular flexibility index (Phi) is 9.80. The van der Waals surface area contributed by atoms with Gasteiger partial charge in [-0.25, -0.2) is 4.79 Å². The number of likely N-dealkylation sites (tertiary alicyclic amines) is 1. The lowest BCUT2D eigenvalue weighted by Crippen LogP contribution is -2.29. The van der Waals surface area contributed by atoms with E-state index in [4.69, 9.17) is 9.47 Å². The molecule has 1 fully saturated rings. The van der Waals surface area contributed by atoms with Crippen LogP contribution < -0.4 is 0 Å². The molecule has 0 spiro atoms. The van der Waals surface area contributed by atoms with Gasteiger partial charge in [-0.2, -0.15) is 0 Å². The Hall–Kier alpha value is -1.85. The number of nitrogens with zero attached hydrogens (tertiary/aromatic N) is 1. The van der Waals surface area contributed by atoms with E-state index in [1.54, 1.807) is 4.90 Å². The van der Waals surface area contributed by atoms with Crippen LogP contribution >= 0.6 is 0 Å². The summed E-state index contributed by atoms with van der Waals surface area (Å²) >= 11 is 0. The van der Waals surface area contributed by atoms with Crippen LogP contribution in [0, 0.1) is 0 Å². The maximum atomic E-state index is 11.7. The van der Waals surface area contributed by atoms with E-state index in [-0.39, 0.29) is 24.5 Å². The first-order chi connectivity index (χ1) is 11.5. The van der Waals surface area contributed by atoms with Gasteiger partial charge in [0.1, 0.15) is 6.61 Å². The van der Waals surface area contributed by atoms with Crippen molar-refractivity contribution in [3.8, 4) is 0 Å². The SMILES string of the molecule is C=C(CC(=O)OCCCCCCC)C(=O)OCCN1CCCC1=O. The molecular weight excluding hydrogens is 310 g/mol. The summed E-state index contributed by atoms with van der Waals surface area (Å²) in [7, 11) is 0. The Morgan fingerprint density at radius 3 is 2.54 bits per heavy atom. The van der Waals surface area contributed by atoms with E-state index in [0.717, 1.165) is 25.7 Å². The minimum Gasteiger partial charge on any atom is -0.465 e. The molecule has 0 saturated carbocycles. The summed E-state index contributed by atoms with van der Waals surface area (Å²) in [5.74, 6) is -0.976. The minimum atomic E-state index is -0.610. The fourth-order valence-electron chi connectivity index (χ4n) is 2.48. The third-order valence-corrected chi connectivity index (χ3v) is 3.92. The smallest absolute Gasteiger partial charge is 0.334 e. The Morgan fingerprint density at radius 2 is 1.88 bits per heavy atom. The van der Waals surface area contributed by atoms with Crippen molar-refractivity contribution < 1.29 is 23.9 Å². The lowest BCUT2D eigenvalue weighted by molar-refractivity contribution is -0.146. The van der Waals surface area contributed by atoms with Gasteiger partial charge in [0, 0.05) is 18.5 Å². The lowest BCUT2D eigenvalue weighted by atomic mass is 10.2. The van der Waals surface area contributed by atoms with E-state index in [0.29, 0.717) is 26.1 Å². The van der Waals surface area contributed by atoms with E-state index < -0.39 is 11.9 Å². The fourth-order valence-corrected chi connectivity index (χ4v) is 2.48. The van der Waals surface area contributed by atoms with Gasteiger partial charge in [0.25, 0.3) is 0 Å². The van der Waals surface area contributed by atoms with Crippen molar-refractivity contribution in [2.24, 2.45) is 0 Å². The summed E-state index contributed by atoms with van der Waals surface area (Å²) in [6, 6.07) is 0. The summed E-state index contributed by atoms with van der Waals surface area (Å²) in [4.78, 5) is 36.5. The average molecular weight is 339 g/mol. The third kappa shape index (κ3) is 8.13. The topological polar surface area (TPSA) is 72.9 Å². The number of hydrogen-bond donors (Lipinski definition) is 0. The molecule has 1 rings (SSSR count). The molecule has 1 aliphatic rings. The maximum absolute atomic E-state index is 11.7. The van der Waals surface area contributed by atoms with Gasteiger partial charge in [0.15, 0.2) is 0 Å². The summed E-state index contributed by atoms with van der Waals surface area (Å²) in [5.41, 5.74) is 0.0822. The summed E-state index contributed by atoms with van der Waals surface area (Å²) in [5, 5.41) is 0. The van der Waals surface area contributed by atoms with Gasteiger partial charge in [-0.3, -0.25) is 9.59 Å². The van der Waals surface area contributed by atoms with Crippen LogP contribution in [0.1, 0.15) is 58.3 Å². The molecule has 0 radical (unpaired) electrons. The molecule has 0 aromatic rings. The number of carbonyl (C=O) groups excluding carboxylic acids is 3. The Morgan fingerprint density at radius 1 is 1.12 bits per heavy atom. The first kappa shape index (κ1) is 20.2. The second-order valence-electron chi connectivity index (χ2n) is 6.04. The Balaban J connectivity index is 2.08. The number of unbranched alkanes of at least 4 members (excludes halogenated alkanes) is 4. The zero-order valence-corrected chi connectivity index (χ0v) is 14.7. The van der Waals surface area contributed by atoms with Crippen LogP contribution in [0.25, 0.3) is 0 Å². The largest absolute Gasteiger partial charge is 0.465 e. The van der Waals surface area contributed by atoms with Crippen LogP contribution in [0.4, 0.5) is 0 Å². The molecule has 1 aliphatic heterocycles. The van der Waals surface area contributed by atoms with Crippen molar-refractivity contribution in [2.75, 3.05) is 26.3 Å². The van der Waals surface area contributed by atoms with Gasteiger partial charge < -0.3 is 14.4 Å². The van der Waals surface area contributed by atoms with E-state index in [1.807, 2.05) is 0 Å². The number of rotatable bonds is 12. The van der Waals surface area contributed by atoms with Crippen molar-refractivity contribution >= 4 is 17.8 Å². The Labute approximate surface area is 144 Å². The Bertz CT molecular complexity index is 447. The van der Waals surface area contributed by atoms with Gasteiger partial charge in [0.2, 0.25) is 5.91 Å². The molecule has 136 valence electrons. The standard InChI is InChI=1S/C18H29NO5/c1-3-4-5-6-7-12-23-17(21)14-15(2)18(22)24-13-11-19-10-8-9-16(19)20/h2-14H2,1H3. The molecule has 0 aromatic carbocycles. The fraction of sp³-hybridized carbons (Fsp3) is 0.722. The van der Waals surface area contributed by atoms with Crippen molar-refractivity contribution in [1.82, 2.24) is 4.90 Å². The number of carbonyl (C=O) groups is 3. The second kappa shape index (κ2) is 11.6. The average Bonchev–Trinajstić information content (AvgIpc) is 2.95. The summed E-state index contributed by atoms with van der Waals surface area (Å²) < 4.78 is 10.1. The van der Waals surface area contributed by atoms with Crippen molar-refractivity contribution in [3.05, 3.63) is 12.2 Å². The third-order valence-electron chi connectivity index (χ3n) is 3.92. The van der Waals surface area contributed by atoms with Crippen molar-refractivity contribution in [1.29, 1.82) is 0 Å². The van der Waals surface area contributed by atoms with Gasteiger partial charge >= 0.3 is 11.9 Å². The maximum Gasteiger partial charge on any atom is 0.334 e. The molecule has 0 atom stereocenters. The van der Waals surface area contributed by atoms with Gasteiger partial charge in [-0.05, 0) is 12.8 Å². The molecule has 1 heterocycles. The van der Waals surface area contributed by atoms with Gasteiger partial charge in [-0.1, -0.05) is 39.2 Å². The zero-order chi connectivity index (χ0) is 17.8. The molecule has 6 heteroatoms. The molecule has 1 amide bonds. The van der Waals surface area contributed by atoms with E-state index in [9.17, 15) is 14.4 Å². The van der Waals surface area contributed by atoms with Gasteiger partial charge in [0.05, 0.1) is 19.6 Å². The molecule has 0 bridgehead atoms. The quantitative estimate of drug-likeness (QED) is 0.310. The predicted molar refractivity (Wildman–Crippen MR) is 90.2 cm³/mol. The monoisotopic (exact) mass is 339 g/mol. The molecule has 6 nitrogen and oxygen atoms in total. The van der Waals surface area contributed by atoms with E-state index >= 15 is 0 Å². The highest BCUT2D eigenvalue weighted by Gasteiger charge is 2.20. The predicted octanol–water partition coefficient (Wildman–Crippen LogP) is 2.61. The van der Waals surface area contributed by atoms with E-state index in [1.165, 1.54) is 12.8 Å². The minimum absolute atomic E-state index is 0.0822. The van der Waals surface area contributed by atoms with Crippen molar-refractivity contribution in [2.45, 2.75) is 58.3 Å². The first-order valence-electron chi connectivity index (χ1n) is 8.83. The van der Waals surface area contributed by atoms with Crippen LogP contribution in [-0.2, 0) is 23.9 Å². The van der Waals surface area contributed by atoms with Crippen LogP contribution in [0.3, 0.4) is 0 Å². The van der Waals surface area contributed by atoms with Crippen molar-refractivity contribution in [3.63, 3.8) is 0 Å². The highest BCUT2D eigenvalue weighted by atomic mass is 16.5. The second-order valence-corrected chi connectivity index (χ2v) is 6.04. The number of amides is 1. The summed E-state index contributed by atoms with van der Waals surface area (Å²) in [6.07, 6.45) is 6.65. The molecule has 1 saturated heterocycles. The first-order valence-corrected chi connectivity index (χ1v) is 8.83. The van der Waals surface area contributed by atoms with Crippen LogP contribution in [0.2, 0.25) is 0 Å². The molecule has 0 aliphatic carbocycles. The number of hydrogen-bond acceptors (Lipinski definition) is 5. The molecular formula is C18H29NO5. The zero-order valence-electron chi connectivity index (χ0n) is 14.7. The number of esters is 2. The molecule has 0 unspecified atom stereocenters. The summed E-state index contributed by atoms with van der Waals surface area (Å²) in [6.45, 7) is 7.32. The molecule has 24 heavy (non-hydrogen) atoms. The van der Waals surface area contributed by atoms with E-state index in [2.05, 4.69) is 13.5 Å². The molecule has 0 N–H and O–H groups in total.